The number of nitrogens with one attached hydrogen (secondary N) is 2. The monoisotopic (exact) mass is 514 g/mol. The van der Waals surface area contributed by atoms with Crippen molar-refractivity contribution >= 4 is 38.7 Å². The van der Waals surface area contributed by atoms with E-state index in [-0.39, 0.29) is 11.3 Å². The highest BCUT2D eigenvalue weighted by atomic mass is 79.9. The molecular weight excluding hydrogens is 480 g/mol. The predicted octanol–water partition coefficient (Wildman–Crippen LogP) is 6.37. The Morgan fingerprint density at radius 2 is 1.94 bits per heavy atom. The Bertz CT molecular complexity index is 1040. The molecule has 6 heteroatoms. The largest absolute Gasteiger partial charge is 0.467 e. The van der Waals surface area contributed by atoms with Crippen LogP contribution in [0.3, 0.4) is 0 Å². The molecule has 0 saturated heterocycles. The maximum absolute atomic E-state index is 12.6. The molecule has 0 aliphatic carbocycles. The van der Waals surface area contributed by atoms with E-state index in [1.54, 1.807) is 0 Å². The van der Waals surface area contributed by atoms with Crippen molar-refractivity contribution in [2.24, 2.45) is 5.41 Å². The highest BCUT2D eigenvalue weighted by Crippen LogP contribution is 2.24. The fraction of sp³-hybridized carbons (Fsp3) is 0.407. The molecule has 0 spiro atoms. The van der Waals surface area contributed by atoms with Crippen LogP contribution in [-0.2, 0) is 20.7 Å². The van der Waals surface area contributed by atoms with Crippen LogP contribution in [0.25, 0.3) is 10.9 Å². The summed E-state index contributed by atoms with van der Waals surface area (Å²) in [5, 5.41) is 3.84. The van der Waals surface area contributed by atoms with Gasteiger partial charge < -0.3 is 15.0 Å². The van der Waals surface area contributed by atoms with Crippen LogP contribution in [0.15, 0.2) is 64.8 Å². The lowest BCUT2D eigenvalue weighted by Crippen LogP contribution is -2.42. The van der Waals surface area contributed by atoms with Gasteiger partial charge in [0.2, 0.25) is 5.91 Å². The Labute approximate surface area is 205 Å². The van der Waals surface area contributed by atoms with Crippen molar-refractivity contribution in [3.63, 3.8) is 0 Å². The number of esters is 1. The molecule has 1 heterocycles. The van der Waals surface area contributed by atoms with Gasteiger partial charge in [0.15, 0.2) is 0 Å². The number of methoxy groups -OCH3 is 1. The van der Waals surface area contributed by atoms with E-state index in [1.165, 1.54) is 18.8 Å². The highest BCUT2D eigenvalue weighted by molar-refractivity contribution is 9.11. The molecule has 2 aromatic rings. The minimum Gasteiger partial charge on any atom is -0.467 e. The minimum absolute atomic E-state index is 0.183. The molecule has 1 atom stereocenters. The van der Waals surface area contributed by atoms with Crippen molar-refractivity contribution in [1.82, 2.24) is 10.3 Å². The van der Waals surface area contributed by atoms with Crippen molar-refractivity contribution in [1.29, 1.82) is 0 Å². The molecule has 5 nitrogen and oxygen atoms in total. The van der Waals surface area contributed by atoms with Crippen LogP contribution in [0.2, 0.25) is 0 Å². The van der Waals surface area contributed by atoms with Crippen LogP contribution in [-0.4, -0.2) is 30.0 Å². The number of amides is 1. The molecule has 0 aliphatic heterocycles. The van der Waals surface area contributed by atoms with Crippen LogP contribution >= 0.6 is 15.9 Å². The van der Waals surface area contributed by atoms with Gasteiger partial charge in [-0.1, -0.05) is 71.8 Å². The molecular formula is C27H35BrN2O3. The number of ether oxygens (including phenoxy) is 1. The Balaban J connectivity index is 1.99. The zero-order valence-corrected chi connectivity index (χ0v) is 21.8. The summed E-state index contributed by atoms with van der Waals surface area (Å²) in [7, 11) is 1.33. The number of benzene rings is 1. The fourth-order valence-electron chi connectivity index (χ4n) is 3.48. The van der Waals surface area contributed by atoms with Crippen molar-refractivity contribution in [2.45, 2.75) is 59.4 Å². The standard InChI is InChI=1S/C27H35BrN2O3/c1-19(9-8-10-20(2)28)13-15-27(3,4)16-14-25(31)30-24(26(32)33-5)17-21-18-29-23-12-7-6-11-22(21)23/h6-7,10-14,16,18,24,29H,8-9,15,17H2,1-5H3,(H,30,31)/b16-14+,19-13+,20-10+/t24-/m0/s1. The van der Waals surface area contributed by atoms with Gasteiger partial charge in [-0.25, -0.2) is 4.79 Å². The normalized spacial score (nSPS) is 14.0. The SMILES string of the molecule is COC(=O)[C@H](Cc1c[nH]c2ccccc12)NC(=O)/C=C/C(C)(C)C/C=C(\C)CC/C=C(\C)Br. The summed E-state index contributed by atoms with van der Waals surface area (Å²) in [6.45, 7) is 8.35. The maximum atomic E-state index is 12.6. The van der Waals surface area contributed by atoms with Crippen molar-refractivity contribution in [3.8, 4) is 0 Å². The van der Waals surface area contributed by atoms with E-state index in [9.17, 15) is 9.59 Å². The Morgan fingerprint density at radius 1 is 1.21 bits per heavy atom. The van der Waals surface area contributed by atoms with Crippen molar-refractivity contribution in [3.05, 3.63) is 70.4 Å². The van der Waals surface area contributed by atoms with Crippen LogP contribution in [0.1, 0.15) is 52.5 Å². The smallest absolute Gasteiger partial charge is 0.328 e. The number of aromatic amines is 1. The number of H-pyrrole nitrogens is 1. The van der Waals surface area contributed by atoms with Gasteiger partial charge in [0, 0.05) is 23.5 Å². The molecule has 0 bridgehead atoms. The maximum Gasteiger partial charge on any atom is 0.328 e. The third-order valence-electron chi connectivity index (χ3n) is 5.53. The van der Waals surface area contributed by atoms with Gasteiger partial charge in [-0.15, -0.1) is 0 Å². The molecule has 0 unspecified atom stereocenters. The molecule has 0 radical (unpaired) electrons. The number of hydrogen-bond acceptors (Lipinski definition) is 3. The van der Waals surface area contributed by atoms with Crippen LogP contribution in [0.4, 0.5) is 0 Å². The molecule has 1 aromatic heterocycles. The third kappa shape index (κ3) is 9.04. The first-order chi connectivity index (χ1) is 15.6. The summed E-state index contributed by atoms with van der Waals surface area (Å²) in [6, 6.07) is 7.11. The lowest BCUT2D eigenvalue weighted by atomic mass is 9.87. The molecule has 0 aliphatic rings. The Kier molecular flexibility index (Phi) is 10.2. The summed E-state index contributed by atoms with van der Waals surface area (Å²) in [5.41, 5.74) is 3.09. The molecule has 2 N–H and O–H groups in total. The Hall–Kier alpha value is -2.60. The lowest BCUT2D eigenvalue weighted by molar-refractivity contribution is -0.144. The second-order valence-corrected chi connectivity index (χ2v) is 10.3. The second kappa shape index (κ2) is 12.6. The molecule has 1 amide bonds. The van der Waals surface area contributed by atoms with E-state index in [2.05, 4.69) is 59.2 Å². The topological polar surface area (TPSA) is 71.2 Å². The van der Waals surface area contributed by atoms with Gasteiger partial charge in [-0.05, 0) is 60.7 Å². The minimum atomic E-state index is -0.762. The average Bonchev–Trinajstić information content (AvgIpc) is 3.18. The number of carbonyl (C=O) groups is 2. The molecule has 0 saturated carbocycles. The van der Waals surface area contributed by atoms with Crippen LogP contribution in [0.5, 0.6) is 0 Å². The summed E-state index contributed by atoms with van der Waals surface area (Å²) < 4.78 is 6.08. The number of halogens is 1. The van der Waals surface area contributed by atoms with Crippen LogP contribution < -0.4 is 5.32 Å². The predicted molar refractivity (Wildman–Crippen MR) is 139 cm³/mol. The number of allylic oxidation sites excluding steroid dienone is 5. The summed E-state index contributed by atoms with van der Waals surface area (Å²) in [5.74, 6) is -0.774. The second-order valence-electron chi connectivity index (χ2n) is 9.05. The van der Waals surface area contributed by atoms with Crippen LogP contribution in [0, 0.1) is 5.41 Å². The first-order valence-corrected chi connectivity index (χ1v) is 12.0. The first kappa shape index (κ1) is 26.7. The summed E-state index contributed by atoms with van der Waals surface area (Å²) in [6.07, 6.45) is 12.9. The quantitative estimate of drug-likeness (QED) is 0.208. The van der Waals surface area contributed by atoms with E-state index in [0.717, 1.165) is 40.2 Å². The summed E-state index contributed by atoms with van der Waals surface area (Å²) >= 11 is 3.45. The zero-order valence-electron chi connectivity index (χ0n) is 20.2. The molecule has 1 aromatic carbocycles. The number of para-hydroxylation sites is 1. The van der Waals surface area contributed by atoms with E-state index in [0.29, 0.717) is 6.42 Å². The van der Waals surface area contributed by atoms with E-state index < -0.39 is 12.0 Å². The van der Waals surface area contributed by atoms with E-state index in [4.69, 9.17) is 4.74 Å². The number of hydrogen-bond donors (Lipinski definition) is 2. The average molecular weight is 515 g/mol. The highest BCUT2D eigenvalue weighted by Gasteiger charge is 2.23. The van der Waals surface area contributed by atoms with Gasteiger partial charge in [0.25, 0.3) is 0 Å². The van der Waals surface area contributed by atoms with Gasteiger partial charge in [-0.2, -0.15) is 0 Å². The molecule has 178 valence electrons. The number of carbonyl (C=O) groups excluding carboxylic acids is 2. The van der Waals surface area contributed by atoms with E-state index in [1.807, 2.05) is 43.5 Å². The van der Waals surface area contributed by atoms with E-state index >= 15 is 0 Å². The third-order valence-corrected chi connectivity index (χ3v) is 5.85. The number of aromatic nitrogens is 1. The van der Waals surface area contributed by atoms with Gasteiger partial charge >= 0.3 is 5.97 Å². The molecule has 33 heavy (non-hydrogen) atoms. The lowest BCUT2D eigenvalue weighted by Gasteiger charge is -2.19. The van der Waals surface area contributed by atoms with Gasteiger partial charge in [-0.3, -0.25) is 4.79 Å². The molecule has 0 fully saturated rings. The van der Waals surface area contributed by atoms with Crippen molar-refractivity contribution < 1.29 is 14.3 Å². The Morgan fingerprint density at radius 3 is 2.64 bits per heavy atom. The number of rotatable bonds is 11. The molecule has 2 rings (SSSR count). The first-order valence-electron chi connectivity index (χ1n) is 11.2. The van der Waals surface area contributed by atoms with Gasteiger partial charge in [0.05, 0.1) is 7.11 Å². The fourth-order valence-corrected chi connectivity index (χ4v) is 3.71. The zero-order chi connectivity index (χ0) is 24.4. The van der Waals surface area contributed by atoms with Crippen molar-refractivity contribution in [2.75, 3.05) is 7.11 Å². The summed E-state index contributed by atoms with van der Waals surface area (Å²) in [4.78, 5) is 28.1. The number of fused-ring (bicyclic) bond motifs is 1. The van der Waals surface area contributed by atoms with Gasteiger partial charge in [0.1, 0.15) is 6.04 Å².